The van der Waals surface area contributed by atoms with Gasteiger partial charge in [-0.2, -0.15) is 0 Å². The van der Waals surface area contributed by atoms with Crippen molar-refractivity contribution in [2.24, 2.45) is 5.41 Å². The molecule has 3 N–H and O–H groups in total. The maximum absolute atomic E-state index is 11.7. The molecular formula is C14H20N2O2. The van der Waals surface area contributed by atoms with Gasteiger partial charge in [-0.05, 0) is 36.8 Å². The van der Waals surface area contributed by atoms with Gasteiger partial charge in [-0.15, -0.1) is 0 Å². The summed E-state index contributed by atoms with van der Waals surface area (Å²) in [5.74, 6) is -0.0269. The van der Waals surface area contributed by atoms with Gasteiger partial charge in [-0.25, -0.2) is 0 Å². The third-order valence-electron chi connectivity index (χ3n) is 3.44. The van der Waals surface area contributed by atoms with Gasteiger partial charge in [0.25, 0.3) is 0 Å². The highest BCUT2D eigenvalue weighted by molar-refractivity contribution is 5.92. The van der Waals surface area contributed by atoms with Crippen molar-refractivity contribution < 1.29 is 9.90 Å². The number of amides is 1. The maximum Gasteiger partial charge on any atom is 0.238 e. The Morgan fingerprint density at radius 1 is 1.28 bits per heavy atom. The molecule has 1 aliphatic carbocycles. The number of para-hydroxylation sites is 1. The summed E-state index contributed by atoms with van der Waals surface area (Å²) >= 11 is 0. The quantitative estimate of drug-likeness (QED) is 0.683. The number of anilines is 1. The van der Waals surface area contributed by atoms with Crippen LogP contribution >= 0.6 is 0 Å². The van der Waals surface area contributed by atoms with Crippen LogP contribution in [0.1, 0.15) is 19.3 Å². The predicted octanol–water partition coefficient (Wildman–Crippen LogP) is 1.38. The zero-order valence-corrected chi connectivity index (χ0v) is 10.5. The minimum absolute atomic E-state index is 0.0269. The monoisotopic (exact) mass is 248 g/mol. The summed E-state index contributed by atoms with van der Waals surface area (Å²) in [5, 5.41) is 14.9. The number of hydrogen-bond donors (Lipinski definition) is 3. The summed E-state index contributed by atoms with van der Waals surface area (Å²) in [7, 11) is 0. The van der Waals surface area contributed by atoms with Crippen LogP contribution in [-0.2, 0) is 4.79 Å². The minimum atomic E-state index is -0.0269. The van der Waals surface area contributed by atoms with Crippen LogP contribution in [0.15, 0.2) is 30.3 Å². The van der Waals surface area contributed by atoms with Crippen LogP contribution in [0.25, 0.3) is 0 Å². The second kappa shape index (κ2) is 5.98. The van der Waals surface area contributed by atoms with Gasteiger partial charge in [-0.1, -0.05) is 18.2 Å². The van der Waals surface area contributed by atoms with E-state index in [1.54, 1.807) is 0 Å². The fraction of sp³-hybridized carbons (Fsp3) is 0.500. The molecule has 0 heterocycles. The van der Waals surface area contributed by atoms with E-state index in [0.29, 0.717) is 6.54 Å². The lowest BCUT2D eigenvalue weighted by atomic mass is 10.0. The van der Waals surface area contributed by atoms with Gasteiger partial charge < -0.3 is 15.7 Å². The molecule has 4 nitrogen and oxygen atoms in total. The van der Waals surface area contributed by atoms with E-state index in [4.69, 9.17) is 5.11 Å². The first-order valence-electron chi connectivity index (χ1n) is 6.41. The van der Waals surface area contributed by atoms with Crippen LogP contribution in [0.4, 0.5) is 5.69 Å². The molecule has 0 saturated heterocycles. The molecule has 1 amide bonds. The molecule has 0 aliphatic heterocycles. The first-order chi connectivity index (χ1) is 8.74. The number of benzene rings is 1. The van der Waals surface area contributed by atoms with Crippen LogP contribution in [0.2, 0.25) is 0 Å². The second-order valence-corrected chi connectivity index (χ2v) is 4.99. The normalized spacial score (nSPS) is 16.3. The molecule has 0 radical (unpaired) electrons. The number of carbonyl (C=O) groups is 1. The molecule has 0 unspecified atom stereocenters. The molecule has 18 heavy (non-hydrogen) atoms. The molecular weight excluding hydrogens is 228 g/mol. The summed E-state index contributed by atoms with van der Waals surface area (Å²) in [6.07, 6.45) is 3.14. The lowest BCUT2D eigenvalue weighted by Crippen LogP contribution is -2.32. The van der Waals surface area contributed by atoms with Crippen molar-refractivity contribution in [1.82, 2.24) is 5.32 Å². The van der Waals surface area contributed by atoms with Crippen molar-refractivity contribution in [3.63, 3.8) is 0 Å². The van der Waals surface area contributed by atoms with E-state index in [9.17, 15) is 4.79 Å². The number of aliphatic hydroxyl groups excluding tert-OH is 1. The molecule has 4 heteroatoms. The number of aliphatic hydroxyl groups is 1. The molecule has 0 spiro atoms. The number of nitrogens with one attached hydrogen (secondary N) is 2. The summed E-state index contributed by atoms with van der Waals surface area (Å²) < 4.78 is 0. The SMILES string of the molecule is O=C(CNCC1(CCO)CC1)Nc1ccccc1. The highest BCUT2D eigenvalue weighted by Gasteiger charge is 2.41. The third kappa shape index (κ3) is 3.82. The Bertz CT molecular complexity index is 388. The van der Waals surface area contributed by atoms with E-state index in [0.717, 1.165) is 31.5 Å². The average Bonchev–Trinajstić information content (AvgIpc) is 3.11. The first kappa shape index (κ1) is 13.1. The second-order valence-electron chi connectivity index (χ2n) is 4.99. The van der Waals surface area contributed by atoms with Crippen molar-refractivity contribution in [2.75, 3.05) is 25.0 Å². The maximum atomic E-state index is 11.7. The third-order valence-corrected chi connectivity index (χ3v) is 3.44. The van der Waals surface area contributed by atoms with Gasteiger partial charge in [0.15, 0.2) is 0 Å². The van der Waals surface area contributed by atoms with Crippen LogP contribution in [-0.4, -0.2) is 30.7 Å². The van der Waals surface area contributed by atoms with Crippen LogP contribution in [0, 0.1) is 5.41 Å². The van der Waals surface area contributed by atoms with Crippen molar-refractivity contribution in [3.05, 3.63) is 30.3 Å². The standard InChI is InChI=1S/C14H20N2O2/c17-9-8-14(6-7-14)11-15-10-13(18)16-12-4-2-1-3-5-12/h1-5,15,17H,6-11H2,(H,16,18). The zero-order chi connectivity index (χ0) is 12.8. The predicted molar refractivity (Wildman–Crippen MR) is 71.3 cm³/mol. The first-order valence-corrected chi connectivity index (χ1v) is 6.41. The van der Waals surface area contributed by atoms with Crippen LogP contribution < -0.4 is 10.6 Å². The fourth-order valence-electron chi connectivity index (χ4n) is 2.10. The van der Waals surface area contributed by atoms with E-state index in [1.165, 1.54) is 0 Å². The Balaban J connectivity index is 1.66. The summed E-state index contributed by atoms with van der Waals surface area (Å²) in [5.41, 5.74) is 1.07. The van der Waals surface area contributed by atoms with Crippen molar-refractivity contribution in [1.29, 1.82) is 0 Å². The molecule has 1 aromatic carbocycles. The summed E-state index contributed by atoms with van der Waals surface area (Å²) in [6, 6.07) is 9.44. The van der Waals surface area contributed by atoms with Gasteiger partial charge in [0, 0.05) is 18.8 Å². The molecule has 1 aliphatic rings. The Kier molecular flexibility index (Phi) is 4.33. The molecule has 1 fully saturated rings. The Hall–Kier alpha value is -1.39. The Labute approximate surface area is 107 Å². The Morgan fingerprint density at radius 2 is 2.00 bits per heavy atom. The van der Waals surface area contributed by atoms with E-state index < -0.39 is 0 Å². The van der Waals surface area contributed by atoms with E-state index >= 15 is 0 Å². The van der Waals surface area contributed by atoms with Crippen LogP contribution in [0.5, 0.6) is 0 Å². The fourth-order valence-corrected chi connectivity index (χ4v) is 2.10. The number of rotatable bonds is 7. The smallest absolute Gasteiger partial charge is 0.238 e. The van der Waals surface area contributed by atoms with Crippen molar-refractivity contribution in [2.45, 2.75) is 19.3 Å². The molecule has 0 bridgehead atoms. The lowest BCUT2D eigenvalue weighted by molar-refractivity contribution is -0.115. The van der Waals surface area contributed by atoms with E-state index in [2.05, 4.69) is 10.6 Å². The molecule has 2 rings (SSSR count). The highest BCUT2D eigenvalue weighted by Crippen LogP contribution is 2.47. The number of carbonyl (C=O) groups excluding carboxylic acids is 1. The van der Waals surface area contributed by atoms with E-state index in [1.807, 2.05) is 30.3 Å². The van der Waals surface area contributed by atoms with Gasteiger partial charge in [0.1, 0.15) is 0 Å². The molecule has 0 atom stereocenters. The summed E-state index contributed by atoms with van der Waals surface area (Å²) in [4.78, 5) is 11.7. The largest absolute Gasteiger partial charge is 0.396 e. The van der Waals surface area contributed by atoms with Crippen molar-refractivity contribution in [3.8, 4) is 0 Å². The van der Waals surface area contributed by atoms with Gasteiger partial charge in [-0.3, -0.25) is 4.79 Å². The van der Waals surface area contributed by atoms with Crippen molar-refractivity contribution >= 4 is 11.6 Å². The molecule has 1 aromatic rings. The number of hydrogen-bond acceptors (Lipinski definition) is 3. The topological polar surface area (TPSA) is 61.4 Å². The molecule has 0 aromatic heterocycles. The average molecular weight is 248 g/mol. The van der Waals surface area contributed by atoms with Gasteiger partial charge in [0.2, 0.25) is 5.91 Å². The van der Waals surface area contributed by atoms with E-state index in [-0.39, 0.29) is 17.9 Å². The highest BCUT2D eigenvalue weighted by atomic mass is 16.3. The lowest BCUT2D eigenvalue weighted by Gasteiger charge is -2.14. The van der Waals surface area contributed by atoms with Gasteiger partial charge in [0.05, 0.1) is 6.54 Å². The van der Waals surface area contributed by atoms with Crippen LogP contribution in [0.3, 0.4) is 0 Å². The molecule has 1 saturated carbocycles. The zero-order valence-electron chi connectivity index (χ0n) is 10.5. The Morgan fingerprint density at radius 3 is 2.61 bits per heavy atom. The van der Waals surface area contributed by atoms with Gasteiger partial charge >= 0.3 is 0 Å². The summed E-state index contributed by atoms with van der Waals surface area (Å²) in [6.45, 7) is 1.37. The molecule has 98 valence electrons. The minimum Gasteiger partial charge on any atom is -0.396 e.